The van der Waals surface area contributed by atoms with Crippen LogP contribution in [0.1, 0.15) is 5.56 Å². The molecule has 1 radical (unpaired) electrons. The highest BCUT2D eigenvalue weighted by Crippen LogP contribution is 2.24. The molecule has 0 saturated carbocycles. The molecule has 0 aliphatic rings. The highest BCUT2D eigenvalue weighted by Gasteiger charge is 2.14. The monoisotopic (exact) mass is 169 g/mol. The lowest BCUT2D eigenvalue weighted by Gasteiger charge is -2.32. The van der Waals surface area contributed by atoms with Gasteiger partial charge < -0.3 is 10.4 Å². The van der Waals surface area contributed by atoms with E-state index in [1.807, 2.05) is 0 Å². The Morgan fingerprint density at radius 2 is 1.92 bits per heavy atom. The van der Waals surface area contributed by atoms with Gasteiger partial charge in [0.2, 0.25) is 6.29 Å². The molecule has 0 heterocycles. The molecule has 1 aromatic carbocycles. The van der Waals surface area contributed by atoms with Crippen molar-refractivity contribution in [3.63, 3.8) is 0 Å². The zero-order valence-corrected chi connectivity index (χ0v) is 5.86. The Morgan fingerprint density at radius 1 is 1.33 bits per heavy atom. The summed E-state index contributed by atoms with van der Waals surface area (Å²) in [7, 11) is 0. The van der Waals surface area contributed by atoms with Gasteiger partial charge in [0.25, 0.3) is 0 Å². The highest BCUT2D eigenvalue weighted by atomic mass is 19.2. The molecule has 5 heteroatoms. The van der Waals surface area contributed by atoms with Gasteiger partial charge in [-0.25, -0.2) is 0 Å². The Labute approximate surface area is 67.5 Å². The molecule has 12 heavy (non-hydrogen) atoms. The van der Waals surface area contributed by atoms with Crippen molar-refractivity contribution >= 4 is 12.0 Å². The second kappa shape index (κ2) is 2.98. The highest BCUT2D eigenvalue weighted by molar-refractivity contribution is 5.83. The van der Waals surface area contributed by atoms with E-state index in [9.17, 15) is 19.7 Å². The van der Waals surface area contributed by atoms with Crippen LogP contribution in [-0.4, -0.2) is 6.29 Å². The number of halogens is 1. The molecule has 0 N–H and O–H groups in total. The molecule has 4 nitrogen and oxygen atoms in total. The Kier molecular flexibility index (Phi) is 2.18. The molecule has 0 unspecified atom stereocenters. The van der Waals surface area contributed by atoms with E-state index >= 15 is 0 Å². The third-order valence-corrected chi connectivity index (χ3v) is 1.30. The zero-order chi connectivity index (χ0) is 9.19. The average molecular weight is 169 g/mol. The SMILES string of the molecule is O=[C]c1ccccc1[N+]([O-])([O-])F. The second-order valence-corrected chi connectivity index (χ2v) is 2.10. The van der Waals surface area contributed by atoms with Crippen molar-refractivity contribution in [1.82, 2.24) is 5.03 Å². The first-order valence-electron chi connectivity index (χ1n) is 3.04. The van der Waals surface area contributed by atoms with Gasteiger partial charge in [0.05, 0.1) is 5.56 Å². The standard InChI is InChI=1S/C7H4FNO3/c8-9(11,12)7-4-2-1-3-6(7)5-10/h1-4H/q-1. The molecule has 63 valence electrons. The summed E-state index contributed by atoms with van der Waals surface area (Å²) >= 11 is 0. The average Bonchev–Trinajstić information content (AvgIpc) is 2.03. The minimum absolute atomic E-state index is 0.356. The minimum Gasteiger partial charge on any atom is -0.587 e. The summed E-state index contributed by atoms with van der Waals surface area (Å²) in [6, 6.07) is 4.78. The van der Waals surface area contributed by atoms with E-state index in [4.69, 9.17) is 0 Å². The maximum atomic E-state index is 12.2. The van der Waals surface area contributed by atoms with Crippen LogP contribution in [0.5, 0.6) is 0 Å². The molecule has 0 saturated heterocycles. The van der Waals surface area contributed by atoms with Crippen molar-refractivity contribution in [2.24, 2.45) is 0 Å². The van der Waals surface area contributed by atoms with Gasteiger partial charge in [0, 0.05) is 10.5 Å². The van der Waals surface area contributed by atoms with E-state index in [0.717, 1.165) is 12.1 Å². The van der Waals surface area contributed by atoms with E-state index < -0.39 is 10.7 Å². The number of nitrogens with zero attached hydrogens (tertiary/aromatic N) is 1. The molecule has 0 atom stereocenters. The third kappa shape index (κ3) is 1.65. The molecular weight excluding hydrogens is 165 g/mol. The number of hydrogen-bond acceptors (Lipinski definition) is 3. The molecule has 0 aliphatic carbocycles. The predicted molar refractivity (Wildman–Crippen MR) is 40.9 cm³/mol. The fourth-order valence-corrected chi connectivity index (χ4v) is 0.793. The van der Waals surface area contributed by atoms with E-state index in [1.165, 1.54) is 18.4 Å². The van der Waals surface area contributed by atoms with Crippen LogP contribution in [0.2, 0.25) is 0 Å². The fraction of sp³-hybridized carbons (Fsp3) is 0. The first kappa shape index (κ1) is 8.79. The number of rotatable bonds is 2. The van der Waals surface area contributed by atoms with E-state index in [-0.39, 0.29) is 5.56 Å². The van der Waals surface area contributed by atoms with Crippen molar-refractivity contribution in [3.05, 3.63) is 40.2 Å². The van der Waals surface area contributed by atoms with Crippen LogP contribution in [-0.2, 0) is 4.79 Å². The summed E-state index contributed by atoms with van der Waals surface area (Å²) in [4.78, 5) is 10.1. The summed E-state index contributed by atoms with van der Waals surface area (Å²) < 4.78 is 12.2. The Hall–Kier alpha value is -1.30. The van der Waals surface area contributed by atoms with Crippen molar-refractivity contribution in [1.29, 1.82) is 0 Å². The van der Waals surface area contributed by atoms with Crippen molar-refractivity contribution in [2.75, 3.05) is 0 Å². The third-order valence-electron chi connectivity index (χ3n) is 1.30. The first-order valence-corrected chi connectivity index (χ1v) is 3.04. The maximum Gasteiger partial charge on any atom is 0.239 e. The predicted octanol–water partition coefficient (Wildman–Crippen LogP) is 1.33. The molecule has 1 rings (SSSR count). The van der Waals surface area contributed by atoms with Crippen LogP contribution in [0.15, 0.2) is 24.3 Å². The fourth-order valence-electron chi connectivity index (χ4n) is 0.793. The number of hydrogen-bond donors (Lipinski definition) is 0. The summed E-state index contributed by atoms with van der Waals surface area (Å²) in [6.07, 6.45) is 1.30. The van der Waals surface area contributed by atoms with Crippen LogP contribution in [0, 0.1) is 10.4 Å². The lowest BCUT2D eigenvalue weighted by Crippen LogP contribution is -2.25. The topological polar surface area (TPSA) is 63.2 Å². The minimum atomic E-state index is -3.36. The van der Waals surface area contributed by atoms with Crippen molar-refractivity contribution < 1.29 is 9.28 Å². The van der Waals surface area contributed by atoms with Crippen LogP contribution in [0.4, 0.5) is 10.2 Å². The van der Waals surface area contributed by atoms with Gasteiger partial charge in [-0.05, 0) is 6.07 Å². The van der Waals surface area contributed by atoms with Crippen molar-refractivity contribution in [3.8, 4) is 0 Å². The van der Waals surface area contributed by atoms with E-state index in [2.05, 4.69) is 0 Å². The molecule has 0 spiro atoms. The Balaban J connectivity index is 3.23. The van der Waals surface area contributed by atoms with Crippen molar-refractivity contribution in [2.45, 2.75) is 0 Å². The number of benzene rings is 1. The molecule has 0 fully saturated rings. The van der Waals surface area contributed by atoms with Crippen LogP contribution < -0.4 is 5.03 Å². The molecule has 0 aliphatic heterocycles. The van der Waals surface area contributed by atoms with Gasteiger partial charge in [-0.15, -0.1) is 0 Å². The maximum absolute atomic E-state index is 12.2. The largest absolute Gasteiger partial charge is 0.587 e. The smallest absolute Gasteiger partial charge is 0.239 e. The van der Waals surface area contributed by atoms with E-state index in [1.54, 1.807) is 0 Å². The van der Waals surface area contributed by atoms with Gasteiger partial charge >= 0.3 is 0 Å². The van der Waals surface area contributed by atoms with Gasteiger partial charge in [0.15, 0.2) is 5.69 Å². The summed E-state index contributed by atoms with van der Waals surface area (Å²) in [5, 5.41) is 17.1. The second-order valence-electron chi connectivity index (χ2n) is 2.10. The number of carbonyl (C=O) groups excluding carboxylic acids is 1. The zero-order valence-electron chi connectivity index (χ0n) is 5.86. The molecule has 0 amide bonds. The summed E-state index contributed by atoms with van der Waals surface area (Å²) in [5.41, 5.74) is -1.14. The van der Waals surface area contributed by atoms with Gasteiger partial charge in [0.1, 0.15) is 0 Å². The van der Waals surface area contributed by atoms with Gasteiger partial charge in [-0.2, -0.15) is 5.03 Å². The van der Waals surface area contributed by atoms with Crippen LogP contribution in [0.3, 0.4) is 0 Å². The number of quaternary nitrogens is 1. The lowest BCUT2D eigenvalue weighted by molar-refractivity contribution is 0.163. The first-order chi connectivity index (χ1) is 5.55. The normalized spacial score (nSPS) is 11.2. The summed E-state index contributed by atoms with van der Waals surface area (Å²) in [5.74, 6) is 0. The van der Waals surface area contributed by atoms with Gasteiger partial charge in [-0.1, -0.05) is 12.1 Å². The Bertz CT molecular complexity index is 295. The van der Waals surface area contributed by atoms with Crippen LogP contribution in [0.25, 0.3) is 0 Å². The van der Waals surface area contributed by atoms with Crippen LogP contribution >= 0.6 is 0 Å². The molecule has 0 aromatic heterocycles. The molecule has 1 aromatic rings. The Morgan fingerprint density at radius 3 is 2.33 bits per heavy atom. The van der Waals surface area contributed by atoms with E-state index in [0.29, 0.717) is 0 Å². The lowest BCUT2D eigenvalue weighted by atomic mass is 10.2. The molecule has 0 bridgehead atoms. The van der Waals surface area contributed by atoms with Gasteiger partial charge in [-0.3, -0.25) is 4.79 Å². The quantitative estimate of drug-likeness (QED) is 0.495. The molecular formula is C7H4FNO3-. The summed E-state index contributed by atoms with van der Waals surface area (Å²) in [6.45, 7) is 0.